The molecular weight excluding hydrogens is 220 g/mol. The zero-order chi connectivity index (χ0) is 10.6. The summed E-state index contributed by atoms with van der Waals surface area (Å²) in [5.74, 6) is 1.88. The van der Waals surface area contributed by atoms with E-state index in [4.69, 9.17) is 10.7 Å². The Bertz CT molecular complexity index is 332. The van der Waals surface area contributed by atoms with Gasteiger partial charge in [0, 0.05) is 10.7 Å². The van der Waals surface area contributed by atoms with Gasteiger partial charge in [0.05, 0.1) is 5.75 Å². The molecule has 3 aliphatic rings. The van der Waals surface area contributed by atoms with Gasteiger partial charge < -0.3 is 0 Å². The quantitative estimate of drug-likeness (QED) is 0.691. The summed E-state index contributed by atoms with van der Waals surface area (Å²) < 4.78 is 22.1. The van der Waals surface area contributed by atoms with E-state index in [0.717, 1.165) is 12.3 Å². The average Bonchev–Trinajstić information content (AvgIpc) is 2.00. The Labute approximate surface area is 90.4 Å². The van der Waals surface area contributed by atoms with E-state index in [9.17, 15) is 8.42 Å². The molecule has 3 aliphatic carbocycles. The minimum atomic E-state index is -3.31. The van der Waals surface area contributed by atoms with Gasteiger partial charge in [0.15, 0.2) is 0 Å². The van der Waals surface area contributed by atoms with Crippen LogP contribution in [0.1, 0.15) is 33.1 Å². The maximum atomic E-state index is 11.0. The molecular formula is C10H17ClO2S. The maximum absolute atomic E-state index is 11.0. The Morgan fingerprint density at radius 1 is 1.36 bits per heavy atom. The smallest absolute Gasteiger partial charge is 0.212 e. The van der Waals surface area contributed by atoms with Crippen LogP contribution < -0.4 is 0 Å². The fourth-order valence-electron chi connectivity index (χ4n) is 3.42. The monoisotopic (exact) mass is 236 g/mol. The molecule has 3 atom stereocenters. The minimum absolute atomic E-state index is 0.176. The summed E-state index contributed by atoms with van der Waals surface area (Å²) in [6, 6.07) is 0. The van der Waals surface area contributed by atoms with E-state index in [1.807, 2.05) is 0 Å². The molecule has 0 aliphatic heterocycles. The molecule has 14 heavy (non-hydrogen) atoms. The topological polar surface area (TPSA) is 34.1 Å². The van der Waals surface area contributed by atoms with Crippen molar-refractivity contribution in [3.63, 3.8) is 0 Å². The summed E-state index contributed by atoms with van der Waals surface area (Å²) in [7, 11) is 2.00. The zero-order valence-electron chi connectivity index (χ0n) is 8.66. The number of rotatable bonds is 2. The first kappa shape index (κ1) is 10.7. The van der Waals surface area contributed by atoms with Gasteiger partial charge in [0.1, 0.15) is 0 Å². The van der Waals surface area contributed by atoms with E-state index < -0.39 is 9.05 Å². The van der Waals surface area contributed by atoms with Gasteiger partial charge in [-0.25, -0.2) is 8.42 Å². The van der Waals surface area contributed by atoms with Gasteiger partial charge >= 0.3 is 0 Å². The number of hydrogen-bond donors (Lipinski definition) is 0. The van der Waals surface area contributed by atoms with Crippen molar-refractivity contribution >= 4 is 19.7 Å². The number of hydrogen-bond acceptors (Lipinski definition) is 2. The van der Waals surface area contributed by atoms with Crippen molar-refractivity contribution < 1.29 is 8.42 Å². The second-order valence-electron chi connectivity index (χ2n) is 5.40. The lowest BCUT2D eigenvalue weighted by atomic mass is 9.46. The molecule has 2 nitrogen and oxygen atoms in total. The zero-order valence-corrected chi connectivity index (χ0v) is 10.2. The van der Waals surface area contributed by atoms with Crippen molar-refractivity contribution in [2.24, 2.45) is 23.2 Å². The molecule has 3 fully saturated rings. The van der Waals surface area contributed by atoms with Crippen LogP contribution in [0.15, 0.2) is 0 Å². The van der Waals surface area contributed by atoms with Gasteiger partial charge in [-0.3, -0.25) is 0 Å². The Balaban J connectivity index is 2.08. The molecule has 0 aromatic rings. The average molecular weight is 237 g/mol. The molecule has 3 unspecified atom stereocenters. The largest absolute Gasteiger partial charge is 0.232 e. The predicted octanol–water partition coefficient (Wildman–Crippen LogP) is 2.63. The van der Waals surface area contributed by atoms with Crippen LogP contribution in [0.4, 0.5) is 0 Å². The standard InChI is InChI=1S/C10H17ClO2S/c1-10(2)8-4-3-7(9(10)5-8)6-14(11,12)13/h7-9H,3-6H2,1-2H3. The van der Waals surface area contributed by atoms with Crippen molar-refractivity contribution in [2.45, 2.75) is 33.1 Å². The summed E-state index contributed by atoms with van der Waals surface area (Å²) in [5.41, 5.74) is 0.352. The summed E-state index contributed by atoms with van der Waals surface area (Å²) in [5, 5.41) is 0. The lowest BCUT2D eigenvalue weighted by Gasteiger charge is -2.60. The van der Waals surface area contributed by atoms with Gasteiger partial charge in [0.25, 0.3) is 0 Å². The van der Waals surface area contributed by atoms with E-state index in [-0.39, 0.29) is 5.75 Å². The van der Waals surface area contributed by atoms with Crippen LogP contribution >= 0.6 is 10.7 Å². The van der Waals surface area contributed by atoms with Crippen molar-refractivity contribution in [3.05, 3.63) is 0 Å². The number of halogens is 1. The molecule has 82 valence electrons. The molecule has 0 saturated heterocycles. The van der Waals surface area contributed by atoms with Crippen molar-refractivity contribution in [1.29, 1.82) is 0 Å². The third-order valence-electron chi connectivity index (χ3n) is 4.41. The van der Waals surface area contributed by atoms with Gasteiger partial charge in [0.2, 0.25) is 9.05 Å². The molecule has 0 N–H and O–H groups in total. The first-order valence-electron chi connectivity index (χ1n) is 5.23. The van der Waals surface area contributed by atoms with E-state index in [1.54, 1.807) is 0 Å². The van der Waals surface area contributed by atoms with E-state index in [1.165, 1.54) is 12.8 Å². The number of fused-ring (bicyclic) bond motifs is 2. The highest BCUT2D eigenvalue weighted by molar-refractivity contribution is 8.13. The molecule has 0 spiro atoms. The van der Waals surface area contributed by atoms with E-state index >= 15 is 0 Å². The first-order valence-corrected chi connectivity index (χ1v) is 7.71. The maximum Gasteiger partial charge on any atom is 0.232 e. The molecule has 2 bridgehead atoms. The highest BCUT2D eigenvalue weighted by Crippen LogP contribution is 2.61. The van der Waals surface area contributed by atoms with Crippen molar-refractivity contribution in [3.8, 4) is 0 Å². The lowest BCUT2D eigenvalue weighted by molar-refractivity contribution is -0.0976. The van der Waals surface area contributed by atoms with Crippen molar-refractivity contribution in [2.75, 3.05) is 5.75 Å². The third kappa shape index (κ3) is 1.69. The lowest BCUT2D eigenvalue weighted by Crippen LogP contribution is -2.53. The van der Waals surface area contributed by atoms with E-state index in [2.05, 4.69) is 13.8 Å². The molecule has 0 aromatic heterocycles. The Morgan fingerprint density at radius 2 is 2.00 bits per heavy atom. The molecule has 3 rings (SSSR count). The van der Waals surface area contributed by atoms with Crippen LogP contribution in [-0.2, 0) is 9.05 Å². The Kier molecular flexibility index (Phi) is 2.39. The molecule has 0 aromatic carbocycles. The highest BCUT2D eigenvalue weighted by Gasteiger charge is 2.54. The molecule has 0 heterocycles. The highest BCUT2D eigenvalue weighted by atomic mass is 35.7. The molecule has 3 saturated carbocycles. The van der Waals surface area contributed by atoms with Gasteiger partial charge in [-0.2, -0.15) is 0 Å². The van der Waals surface area contributed by atoms with E-state index in [0.29, 0.717) is 17.3 Å². The Morgan fingerprint density at radius 3 is 2.43 bits per heavy atom. The second-order valence-corrected chi connectivity index (χ2v) is 8.23. The summed E-state index contributed by atoms with van der Waals surface area (Å²) in [6.45, 7) is 4.53. The molecule has 0 amide bonds. The van der Waals surface area contributed by atoms with Gasteiger partial charge in [-0.05, 0) is 42.4 Å². The summed E-state index contributed by atoms with van der Waals surface area (Å²) in [6.07, 6.45) is 3.44. The molecule has 4 heteroatoms. The normalized spacial score (nSPS) is 40.4. The van der Waals surface area contributed by atoms with Crippen LogP contribution in [0, 0.1) is 23.2 Å². The Hall–Kier alpha value is 0.240. The minimum Gasteiger partial charge on any atom is -0.212 e. The fraction of sp³-hybridized carbons (Fsp3) is 1.00. The van der Waals surface area contributed by atoms with Crippen LogP contribution in [0.25, 0.3) is 0 Å². The second kappa shape index (κ2) is 3.11. The third-order valence-corrected chi connectivity index (χ3v) is 5.62. The van der Waals surface area contributed by atoms with Crippen LogP contribution in [0.5, 0.6) is 0 Å². The van der Waals surface area contributed by atoms with Gasteiger partial charge in [-0.1, -0.05) is 13.8 Å². The first-order chi connectivity index (χ1) is 6.31. The van der Waals surface area contributed by atoms with Crippen LogP contribution in [-0.4, -0.2) is 14.2 Å². The van der Waals surface area contributed by atoms with Crippen molar-refractivity contribution in [1.82, 2.24) is 0 Å². The van der Waals surface area contributed by atoms with Crippen LogP contribution in [0.2, 0.25) is 0 Å². The summed E-state index contributed by atoms with van der Waals surface area (Å²) >= 11 is 0. The fourth-order valence-corrected chi connectivity index (χ4v) is 4.81. The van der Waals surface area contributed by atoms with Gasteiger partial charge in [-0.15, -0.1) is 0 Å². The van der Waals surface area contributed by atoms with Crippen LogP contribution in [0.3, 0.4) is 0 Å². The summed E-state index contributed by atoms with van der Waals surface area (Å²) in [4.78, 5) is 0. The molecule has 0 radical (unpaired) electrons. The SMILES string of the molecule is CC1(C)C2CCC(CS(=O)(=O)Cl)C1C2. The predicted molar refractivity (Wildman–Crippen MR) is 57.7 cm³/mol.